The van der Waals surface area contributed by atoms with Gasteiger partial charge in [-0.3, -0.25) is 0 Å². The molecular formula is C11H9BrF3NO. The van der Waals surface area contributed by atoms with Crippen molar-refractivity contribution in [2.24, 2.45) is 0 Å². The highest BCUT2D eigenvalue weighted by atomic mass is 79.9. The van der Waals surface area contributed by atoms with Crippen LogP contribution in [0.1, 0.15) is 11.5 Å². The average molecular weight is 308 g/mol. The molecule has 0 N–H and O–H groups in total. The van der Waals surface area contributed by atoms with Crippen LogP contribution in [0.4, 0.5) is 13.2 Å². The Morgan fingerprint density at radius 1 is 1.06 bits per heavy atom. The summed E-state index contributed by atoms with van der Waals surface area (Å²) in [6.07, 6.45) is -0.898. The summed E-state index contributed by atoms with van der Waals surface area (Å²) in [6.45, 7) is 0.289. The van der Waals surface area contributed by atoms with Gasteiger partial charge in [0.25, 0.3) is 0 Å². The van der Waals surface area contributed by atoms with Gasteiger partial charge in [-0.15, -0.1) is 0 Å². The van der Waals surface area contributed by atoms with Crippen LogP contribution < -0.4 is 21.5 Å². The molecule has 2 heterocycles. The second kappa shape index (κ2) is 5.35. The summed E-state index contributed by atoms with van der Waals surface area (Å²) in [5.41, 5.74) is 0. The third-order valence-corrected chi connectivity index (χ3v) is 2.06. The molecule has 0 atom stereocenters. The smallest absolute Gasteiger partial charge is 0.449 e. The first-order valence-corrected chi connectivity index (χ1v) is 4.66. The summed E-state index contributed by atoms with van der Waals surface area (Å²) >= 11 is 0. The third-order valence-electron chi connectivity index (χ3n) is 2.06. The molecule has 2 aromatic heterocycles. The van der Waals surface area contributed by atoms with Gasteiger partial charge >= 0.3 is 6.18 Å². The molecule has 0 radical (unpaired) electrons. The van der Waals surface area contributed by atoms with Crippen molar-refractivity contribution in [3.63, 3.8) is 0 Å². The molecule has 2 nitrogen and oxygen atoms in total. The van der Waals surface area contributed by atoms with E-state index in [0.29, 0.717) is 0 Å². The van der Waals surface area contributed by atoms with Gasteiger partial charge in [-0.05, 0) is 12.1 Å². The second-order valence-corrected chi connectivity index (χ2v) is 3.31. The number of furan rings is 1. The van der Waals surface area contributed by atoms with E-state index in [0.717, 1.165) is 6.07 Å². The maximum absolute atomic E-state index is 12.2. The Labute approximate surface area is 106 Å². The standard InChI is InChI=1S/C11H9F3NO.BrH/c12-11(13,14)10-5-4-9(16-10)8-15-6-2-1-3-7-15;/h1-7H,8H2;1H/q+1;/p-1. The molecule has 6 heteroatoms. The minimum atomic E-state index is -4.42. The summed E-state index contributed by atoms with van der Waals surface area (Å²) < 4.78 is 43.2. The highest BCUT2D eigenvalue weighted by Crippen LogP contribution is 2.30. The number of hydrogen-bond donors (Lipinski definition) is 0. The second-order valence-electron chi connectivity index (χ2n) is 3.31. The molecule has 0 fully saturated rings. The Balaban J connectivity index is 0.00000144. The van der Waals surface area contributed by atoms with Crippen molar-refractivity contribution in [2.45, 2.75) is 12.7 Å². The van der Waals surface area contributed by atoms with E-state index in [-0.39, 0.29) is 29.3 Å². The lowest BCUT2D eigenvalue weighted by molar-refractivity contribution is -0.690. The van der Waals surface area contributed by atoms with Crippen LogP contribution in [-0.4, -0.2) is 0 Å². The first-order chi connectivity index (χ1) is 7.55. The average Bonchev–Trinajstić information content (AvgIpc) is 2.67. The zero-order chi connectivity index (χ0) is 11.6. The van der Waals surface area contributed by atoms with Gasteiger partial charge in [0.2, 0.25) is 12.3 Å². The molecule has 0 unspecified atom stereocenters. The molecule has 17 heavy (non-hydrogen) atoms. The molecule has 2 rings (SSSR count). The number of rotatable bonds is 2. The van der Waals surface area contributed by atoms with E-state index < -0.39 is 11.9 Å². The fourth-order valence-electron chi connectivity index (χ4n) is 1.33. The Hall–Kier alpha value is -1.30. The Morgan fingerprint density at radius 3 is 2.24 bits per heavy atom. The van der Waals surface area contributed by atoms with Crippen molar-refractivity contribution < 1.29 is 39.1 Å². The van der Waals surface area contributed by atoms with Crippen molar-refractivity contribution in [3.05, 3.63) is 54.2 Å². The monoisotopic (exact) mass is 307 g/mol. The summed E-state index contributed by atoms with van der Waals surface area (Å²) in [5.74, 6) is -0.678. The molecule has 0 aromatic carbocycles. The van der Waals surface area contributed by atoms with Gasteiger partial charge in [0.15, 0.2) is 18.2 Å². The molecular weight excluding hydrogens is 299 g/mol. The maximum Gasteiger partial charge on any atom is 0.449 e. The third kappa shape index (κ3) is 3.59. The van der Waals surface area contributed by atoms with Gasteiger partial charge in [-0.25, -0.2) is 0 Å². The van der Waals surface area contributed by atoms with E-state index in [1.165, 1.54) is 6.07 Å². The minimum absolute atomic E-state index is 0. The molecule has 0 aliphatic rings. The van der Waals surface area contributed by atoms with E-state index in [9.17, 15) is 13.2 Å². The van der Waals surface area contributed by atoms with Crippen LogP contribution in [0, 0.1) is 0 Å². The van der Waals surface area contributed by atoms with E-state index in [1.54, 1.807) is 29.1 Å². The first-order valence-electron chi connectivity index (χ1n) is 4.66. The highest BCUT2D eigenvalue weighted by Gasteiger charge is 2.34. The predicted molar refractivity (Wildman–Crippen MR) is 49.4 cm³/mol. The number of pyridine rings is 1. The Bertz CT molecular complexity index is 467. The summed E-state index contributed by atoms with van der Waals surface area (Å²) in [6, 6.07) is 7.71. The lowest BCUT2D eigenvalue weighted by atomic mass is 10.4. The van der Waals surface area contributed by atoms with Gasteiger partial charge in [0, 0.05) is 12.1 Å². The van der Waals surface area contributed by atoms with Gasteiger partial charge < -0.3 is 21.4 Å². The van der Waals surface area contributed by atoms with E-state index in [4.69, 9.17) is 4.42 Å². The van der Waals surface area contributed by atoms with Crippen molar-refractivity contribution in [3.8, 4) is 0 Å². The van der Waals surface area contributed by atoms with Gasteiger partial charge in [0.05, 0.1) is 0 Å². The van der Waals surface area contributed by atoms with Gasteiger partial charge in [0.1, 0.15) is 0 Å². The van der Waals surface area contributed by atoms with Crippen LogP contribution in [0.2, 0.25) is 0 Å². The number of hydrogen-bond acceptors (Lipinski definition) is 1. The first kappa shape index (κ1) is 13.8. The maximum atomic E-state index is 12.2. The minimum Gasteiger partial charge on any atom is -1.00 e. The summed E-state index contributed by atoms with van der Waals surface area (Å²) in [4.78, 5) is 0. The van der Waals surface area contributed by atoms with Crippen LogP contribution in [0.15, 0.2) is 47.1 Å². The van der Waals surface area contributed by atoms with E-state index in [2.05, 4.69) is 0 Å². The van der Waals surface area contributed by atoms with Gasteiger partial charge in [-0.1, -0.05) is 6.07 Å². The van der Waals surface area contributed by atoms with Crippen LogP contribution in [0.25, 0.3) is 0 Å². The SMILES string of the molecule is FC(F)(F)c1ccc(C[n+]2ccccc2)o1.[Br-]. The van der Waals surface area contributed by atoms with Crippen LogP contribution >= 0.6 is 0 Å². The molecule has 0 aliphatic carbocycles. The van der Waals surface area contributed by atoms with E-state index in [1.807, 2.05) is 6.07 Å². The molecule has 0 saturated carbocycles. The molecule has 2 aromatic rings. The van der Waals surface area contributed by atoms with Crippen molar-refractivity contribution in [1.29, 1.82) is 0 Å². The van der Waals surface area contributed by atoms with Crippen molar-refractivity contribution in [2.75, 3.05) is 0 Å². The lowest BCUT2D eigenvalue weighted by Gasteiger charge is -2.00. The normalized spacial score (nSPS) is 11.0. The van der Waals surface area contributed by atoms with Crippen molar-refractivity contribution >= 4 is 0 Å². The highest BCUT2D eigenvalue weighted by molar-refractivity contribution is 5.09. The predicted octanol–water partition coefficient (Wildman–Crippen LogP) is -0.362. The summed E-state index contributed by atoms with van der Waals surface area (Å²) in [7, 11) is 0. The zero-order valence-corrected chi connectivity index (χ0v) is 10.2. The number of alkyl halides is 3. The number of nitrogens with zero attached hydrogens (tertiary/aromatic N) is 1. The molecule has 0 spiro atoms. The van der Waals surface area contributed by atoms with Crippen LogP contribution in [-0.2, 0) is 12.7 Å². The largest absolute Gasteiger partial charge is 1.00 e. The zero-order valence-electron chi connectivity index (χ0n) is 8.62. The molecule has 0 amide bonds. The fourth-order valence-corrected chi connectivity index (χ4v) is 1.33. The van der Waals surface area contributed by atoms with Crippen LogP contribution in [0.5, 0.6) is 0 Å². The molecule has 0 bridgehead atoms. The Kier molecular flexibility index (Phi) is 4.34. The molecule has 92 valence electrons. The number of halogens is 4. The van der Waals surface area contributed by atoms with Crippen LogP contribution in [0.3, 0.4) is 0 Å². The topological polar surface area (TPSA) is 17.0 Å². The Morgan fingerprint density at radius 2 is 1.71 bits per heavy atom. The van der Waals surface area contributed by atoms with Crippen molar-refractivity contribution in [1.82, 2.24) is 0 Å². The molecule has 0 aliphatic heterocycles. The number of aromatic nitrogens is 1. The summed E-state index contributed by atoms with van der Waals surface area (Å²) in [5, 5.41) is 0. The fraction of sp³-hybridized carbons (Fsp3) is 0.182. The van der Waals surface area contributed by atoms with E-state index >= 15 is 0 Å². The quantitative estimate of drug-likeness (QED) is 0.693. The van der Waals surface area contributed by atoms with Gasteiger partial charge in [-0.2, -0.15) is 17.7 Å². The lowest BCUT2D eigenvalue weighted by Crippen LogP contribution is -3.00. The molecule has 0 saturated heterocycles.